The first-order valence-corrected chi connectivity index (χ1v) is 8.67. The molecule has 1 nitrogen and oxygen atoms in total. The minimum atomic E-state index is 0.404. The second-order valence-corrected chi connectivity index (χ2v) is 7.27. The van der Waals surface area contributed by atoms with Crippen molar-refractivity contribution in [3.05, 3.63) is 43.8 Å². The zero-order valence-corrected chi connectivity index (χ0v) is 14.8. The Balaban J connectivity index is 2.20. The second-order valence-electron chi connectivity index (χ2n) is 4.50. The molecule has 0 saturated carbocycles. The summed E-state index contributed by atoms with van der Waals surface area (Å²) in [4.78, 5) is 2.60. The van der Waals surface area contributed by atoms with E-state index in [-0.39, 0.29) is 0 Å². The third-order valence-corrected chi connectivity index (χ3v) is 5.24. The lowest BCUT2D eigenvalue weighted by Crippen LogP contribution is -2.18. The number of rotatable bonds is 5. The average molecular weight is 406 g/mol. The maximum absolute atomic E-state index is 6.32. The van der Waals surface area contributed by atoms with Gasteiger partial charge in [0.15, 0.2) is 0 Å². The molecule has 0 radical (unpaired) electrons. The van der Waals surface area contributed by atoms with Crippen molar-refractivity contribution in [1.82, 2.24) is 5.32 Å². The number of hydrogen-bond acceptors (Lipinski definition) is 2. The van der Waals surface area contributed by atoms with E-state index < -0.39 is 0 Å². The summed E-state index contributed by atoms with van der Waals surface area (Å²) in [6.45, 7) is 5.45. The van der Waals surface area contributed by atoms with Gasteiger partial charge in [-0.2, -0.15) is 0 Å². The summed E-state index contributed by atoms with van der Waals surface area (Å²) in [7, 11) is 0. The third kappa shape index (κ3) is 3.94. The predicted molar refractivity (Wildman–Crippen MR) is 94.2 cm³/mol. The van der Waals surface area contributed by atoms with Gasteiger partial charge in [-0.1, -0.05) is 24.6 Å². The highest BCUT2D eigenvalue weighted by Gasteiger charge is 2.11. The lowest BCUT2D eigenvalue weighted by Gasteiger charge is -2.10. The molecule has 0 amide bonds. The molecule has 0 fully saturated rings. The van der Waals surface area contributed by atoms with Crippen LogP contribution in [-0.2, 0) is 0 Å². The van der Waals surface area contributed by atoms with Crippen molar-refractivity contribution in [3.8, 4) is 10.4 Å². The van der Waals surface area contributed by atoms with Gasteiger partial charge in [-0.3, -0.25) is 0 Å². The van der Waals surface area contributed by atoms with Crippen molar-refractivity contribution in [2.24, 2.45) is 0 Å². The Morgan fingerprint density at radius 2 is 2.11 bits per heavy atom. The van der Waals surface area contributed by atoms with E-state index in [1.165, 1.54) is 13.3 Å². The van der Waals surface area contributed by atoms with Crippen molar-refractivity contribution in [1.29, 1.82) is 0 Å². The van der Waals surface area contributed by atoms with Crippen LogP contribution in [0.4, 0.5) is 0 Å². The number of benzene rings is 1. The fourth-order valence-corrected chi connectivity index (χ4v) is 3.97. The van der Waals surface area contributed by atoms with Gasteiger partial charge < -0.3 is 5.32 Å². The standard InChI is InChI=1S/C15H17ClINS/c1-3-8-18-10(2)14-6-7-15(19-14)12-5-4-11(17)9-13(12)16/h4-7,9-10,18H,3,8H2,1-2H3. The SMILES string of the molecule is CCCNC(C)c1ccc(-c2ccc(I)cc2Cl)s1. The molecule has 0 aliphatic heterocycles. The smallest absolute Gasteiger partial charge is 0.0503 e. The summed E-state index contributed by atoms with van der Waals surface area (Å²) < 4.78 is 1.17. The van der Waals surface area contributed by atoms with Crippen LogP contribution in [-0.4, -0.2) is 6.54 Å². The summed E-state index contributed by atoms with van der Waals surface area (Å²) >= 11 is 10.4. The van der Waals surface area contributed by atoms with Crippen molar-refractivity contribution >= 4 is 45.5 Å². The minimum Gasteiger partial charge on any atom is -0.309 e. The maximum Gasteiger partial charge on any atom is 0.0503 e. The number of hydrogen-bond donors (Lipinski definition) is 1. The lowest BCUT2D eigenvalue weighted by molar-refractivity contribution is 0.578. The highest BCUT2D eigenvalue weighted by molar-refractivity contribution is 14.1. The van der Waals surface area contributed by atoms with Crippen LogP contribution in [0.5, 0.6) is 0 Å². The van der Waals surface area contributed by atoms with Crippen molar-refractivity contribution < 1.29 is 0 Å². The van der Waals surface area contributed by atoms with E-state index in [2.05, 4.69) is 66.0 Å². The molecule has 1 N–H and O–H groups in total. The number of nitrogens with one attached hydrogen (secondary N) is 1. The van der Waals surface area contributed by atoms with Crippen molar-refractivity contribution in [2.75, 3.05) is 6.54 Å². The molecule has 1 heterocycles. The predicted octanol–water partition coefficient (Wildman–Crippen LogP) is 5.73. The molecule has 1 aromatic carbocycles. The molecular formula is C15H17ClINS. The third-order valence-electron chi connectivity index (χ3n) is 2.95. The van der Waals surface area contributed by atoms with E-state index in [0.29, 0.717) is 6.04 Å². The van der Waals surface area contributed by atoms with Crippen LogP contribution < -0.4 is 5.32 Å². The Hall–Kier alpha value is -0.100. The van der Waals surface area contributed by atoms with Crippen LogP contribution in [0, 0.1) is 3.57 Å². The first-order chi connectivity index (χ1) is 9.11. The van der Waals surface area contributed by atoms with Gasteiger partial charge in [0.1, 0.15) is 0 Å². The normalized spacial score (nSPS) is 12.6. The van der Waals surface area contributed by atoms with Gasteiger partial charge in [-0.05, 0) is 66.7 Å². The molecule has 0 saturated heterocycles. The lowest BCUT2D eigenvalue weighted by atomic mass is 10.2. The Morgan fingerprint density at radius 1 is 1.32 bits per heavy atom. The van der Waals surface area contributed by atoms with Gasteiger partial charge >= 0.3 is 0 Å². The van der Waals surface area contributed by atoms with Crippen molar-refractivity contribution in [2.45, 2.75) is 26.3 Å². The molecule has 4 heteroatoms. The molecule has 2 rings (SSSR count). The van der Waals surface area contributed by atoms with E-state index in [1.807, 2.05) is 17.4 Å². The van der Waals surface area contributed by atoms with E-state index in [4.69, 9.17) is 11.6 Å². The van der Waals surface area contributed by atoms with Crippen LogP contribution in [0.15, 0.2) is 30.3 Å². The molecule has 0 aliphatic rings. The molecule has 1 aromatic heterocycles. The monoisotopic (exact) mass is 405 g/mol. The van der Waals surface area contributed by atoms with E-state index in [1.54, 1.807) is 0 Å². The minimum absolute atomic E-state index is 0.404. The molecule has 102 valence electrons. The molecule has 0 spiro atoms. The highest BCUT2D eigenvalue weighted by Crippen LogP contribution is 2.36. The van der Waals surface area contributed by atoms with Crippen molar-refractivity contribution in [3.63, 3.8) is 0 Å². The molecule has 0 aliphatic carbocycles. The zero-order valence-electron chi connectivity index (χ0n) is 11.0. The first kappa shape index (κ1) is 15.3. The van der Waals surface area contributed by atoms with Gasteiger partial charge in [0, 0.05) is 24.9 Å². The van der Waals surface area contributed by atoms with Crippen LogP contribution in [0.1, 0.15) is 31.2 Å². The number of thiophene rings is 1. The topological polar surface area (TPSA) is 12.0 Å². The quantitative estimate of drug-likeness (QED) is 0.626. The Morgan fingerprint density at radius 3 is 2.79 bits per heavy atom. The summed E-state index contributed by atoms with van der Waals surface area (Å²) in [5.41, 5.74) is 1.13. The Kier molecular flexibility index (Phi) is 5.69. The average Bonchev–Trinajstić information content (AvgIpc) is 2.85. The van der Waals surface area contributed by atoms with Crippen LogP contribution in [0.25, 0.3) is 10.4 Å². The maximum atomic E-state index is 6.32. The summed E-state index contributed by atoms with van der Waals surface area (Å²) in [5, 5.41) is 4.34. The highest BCUT2D eigenvalue weighted by atomic mass is 127. The van der Waals surface area contributed by atoms with Crippen LogP contribution in [0.3, 0.4) is 0 Å². The summed E-state index contributed by atoms with van der Waals surface area (Å²) in [5.74, 6) is 0. The molecule has 1 unspecified atom stereocenters. The van der Waals surface area contributed by atoms with Gasteiger partial charge in [0.25, 0.3) is 0 Å². The molecule has 0 bridgehead atoms. The fraction of sp³-hybridized carbons (Fsp3) is 0.333. The van der Waals surface area contributed by atoms with Gasteiger partial charge in [0.05, 0.1) is 5.02 Å². The molecule has 1 atom stereocenters. The van der Waals surface area contributed by atoms with Gasteiger partial charge in [0.2, 0.25) is 0 Å². The fourth-order valence-electron chi connectivity index (χ4n) is 1.88. The summed E-state index contributed by atoms with van der Waals surface area (Å²) in [6, 6.07) is 11.0. The van der Waals surface area contributed by atoms with E-state index >= 15 is 0 Å². The molecule has 2 aromatic rings. The second kappa shape index (κ2) is 7.07. The van der Waals surface area contributed by atoms with Crippen LogP contribution >= 0.6 is 45.5 Å². The van der Waals surface area contributed by atoms with E-state index in [9.17, 15) is 0 Å². The largest absolute Gasteiger partial charge is 0.309 e. The first-order valence-electron chi connectivity index (χ1n) is 6.40. The Bertz CT molecular complexity index is 553. The number of halogens is 2. The van der Waals surface area contributed by atoms with Crippen LogP contribution in [0.2, 0.25) is 5.02 Å². The van der Waals surface area contributed by atoms with E-state index in [0.717, 1.165) is 23.6 Å². The Labute approximate surface area is 137 Å². The van der Waals surface area contributed by atoms with Gasteiger partial charge in [-0.25, -0.2) is 0 Å². The van der Waals surface area contributed by atoms with Gasteiger partial charge in [-0.15, -0.1) is 11.3 Å². The zero-order chi connectivity index (χ0) is 13.8. The summed E-state index contributed by atoms with van der Waals surface area (Å²) in [6.07, 6.45) is 1.16. The molecular weight excluding hydrogens is 389 g/mol. The molecule has 19 heavy (non-hydrogen) atoms.